The van der Waals surface area contributed by atoms with E-state index in [1.807, 2.05) is 43.3 Å². The average molecular weight is 460 g/mol. The molecule has 6 heteroatoms. The van der Waals surface area contributed by atoms with Crippen LogP contribution in [0.15, 0.2) is 48.5 Å². The van der Waals surface area contributed by atoms with Crippen LogP contribution in [0.25, 0.3) is 0 Å². The van der Waals surface area contributed by atoms with Gasteiger partial charge < -0.3 is 19.3 Å². The SMILES string of the molecule is COc1ccc(C(O)P(=O)(OC2CC(C)CCC2C(C)C)c2ccc(N(C)C)cc2)cc1. The lowest BCUT2D eigenvalue weighted by Gasteiger charge is -2.40. The number of aliphatic hydroxyl groups is 1. The first-order valence-corrected chi connectivity index (χ1v) is 13.2. The fourth-order valence-electron chi connectivity index (χ4n) is 4.63. The van der Waals surface area contributed by atoms with Crippen LogP contribution in [0.1, 0.15) is 51.4 Å². The highest BCUT2D eigenvalue weighted by Gasteiger charge is 2.42. The first kappa shape index (κ1) is 24.8. The van der Waals surface area contributed by atoms with Gasteiger partial charge in [-0.3, -0.25) is 4.57 Å². The molecule has 0 heterocycles. The number of rotatable bonds is 8. The molecule has 0 spiro atoms. The van der Waals surface area contributed by atoms with E-state index < -0.39 is 13.2 Å². The summed E-state index contributed by atoms with van der Waals surface area (Å²) < 4.78 is 26.4. The Bertz CT molecular complexity index is 910. The molecule has 0 bridgehead atoms. The average Bonchev–Trinajstić information content (AvgIpc) is 2.78. The van der Waals surface area contributed by atoms with Gasteiger partial charge in [-0.1, -0.05) is 39.3 Å². The summed E-state index contributed by atoms with van der Waals surface area (Å²) in [5, 5.41) is 12.0. The molecule has 1 aliphatic rings. The van der Waals surface area contributed by atoms with Crippen LogP contribution >= 0.6 is 7.37 Å². The lowest BCUT2D eigenvalue weighted by atomic mass is 9.75. The molecule has 32 heavy (non-hydrogen) atoms. The number of hydrogen-bond donors (Lipinski definition) is 1. The molecular weight excluding hydrogens is 421 g/mol. The molecule has 5 atom stereocenters. The predicted molar refractivity (Wildman–Crippen MR) is 132 cm³/mol. The Morgan fingerprint density at radius 2 is 1.66 bits per heavy atom. The molecule has 3 rings (SSSR count). The Morgan fingerprint density at radius 1 is 1.03 bits per heavy atom. The highest BCUT2D eigenvalue weighted by Crippen LogP contribution is 2.60. The van der Waals surface area contributed by atoms with Gasteiger partial charge in [0.05, 0.1) is 13.2 Å². The zero-order chi connectivity index (χ0) is 23.5. The number of methoxy groups -OCH3 is 1. The highest BCUT2D eigenvalue weighted by molar-refractivity contribution is 7.67. The zero-order valence-corrected chi connectivity index (χ0v) is 21.1. The van der Waals surface area contributed by atoms with Gasteiger partial charge in [-0.15, -0.1) is 0 Å². The van der Waals surface area contributed by atoms with E-state index in [1.165, 1.54) is 0 Å². The van der Waals surface area contributed by atoms with Gasteiger partial charge in [0, 0.05) is 25.1 Å². The third-order valence-electron chi connectivity index (χ3n) is 6.72. The molecular formula is C26H38NO4P. The Morgan fingerprint density at radius 3 is 2.19 bits per heavy atom. The Balaban J connectivity index is 2.02. The van der Waals surface area contributed by atoms with Gasteiger partial charge in [0.15, 0.2) is 5.85 Å². The van der Waals surface area contributed by atoms with Crippen LogP contribution in [0.5, 0.6) is 5.75 Å². The smallest absolute Gasteiger partial charge is 0.264 e. The van der Waals surface area contributed by atoms with Gasteiger partial charge in [-0.2, -0.15) is 0 Å². The van der Waals surface area contributed by atoms with Crippen LogP contribution < -0.4 is 14.9 Å². The van der Waals surface area contributed by atoms with Crippen molar-refractivity contribution in [1.29, 1.82) is 0 Å². The van der Waals surface area contributed by atoms with Crippen LogP contribution in [0.3, 0.4) is 0 Å². The third-order valence-corrected chi connectivity index (χ3v) is 9.26. The van der Waals surface area contributed by atoms with E-state index in [9.17, 15) is 9.67 Å². The predicted octanol–water partition coefficient (Wildman–Crippen LogP) is 5.83. The molecule has 0 amide bonds. The number of aliphatic hydroxyl groups excluding tert-OH is 1. The normalized spacial score (nSPS) is 24.1. The Hall–Kier alpha value is -1.81. The fraction of sp³-hybridized carbons (Fsp3) is 0.538. The number of anilines is 1. The van der Waals surface area contributed by atoms with E-state index in [-0.39, 0.29) is 6.10 Å². The fourth-order valence-corrected chi connectivity index (χ4v) is 6.92. The molecule has 0 aromatic heterocycles. The van der Waals surface area contributed by atoms with Gasteiger partial charge in [-0.05, 0) is 72.6 Å². The van der Waals surface area contributed by atoms with E-state index >= 15 is 0 Å². The lowest BCUT2D eigenvalue weighted by Crippen LogP contribution is -2.35. The molecule has 1 aliphatic carbocycles. The summed E-state index contributed by atoms with van der Waals surface area (Å²) in [6, 6.07) is 14.6. The second-order valence-electron chi connectivity index (χ2n) is 9.62. The summed E-state index contributed by atoms with van der Waals surface area (Å²) >= 11 is 0. The number of hydrogen-bond acceptors (Lipinski definition) is 5. The maximum absolute atomic E-state index is 14.6. The standard InChI is InChI=1S/C26H38NO4P/c1-18(2)24-16-7-19(3)17-25(24)31-32(29,23-14-10-21(11-15-23)27(4)5)26(28)20-8-12-22(30-6)13-9-20/h8-15,18-19,24-26,28H,7,16-17H2,1-6H3. The van der Waals surface area contributed by atoms with E-state index in [2.05, 4.69) is 20.8 Å². The summed E-state index contributed by atoms with van der Waals surface area (Å²) in [4.78, 5) is 1.99. The van der Waals surface area contributed by atoms with E-state index in [1.54, 1.807) is 31.4 Å². The molecule has 176 valence electrons. The van der Waals surface area contributed by atoms with E-state index in [0.717, 1.165) is 24.9 Å². The molecule has 0 aliphatic heterocycles. The van der Waals surface area contributed by atoms with Crippen LogP contribution in [0.4, 0.5) is 5.69 Å². The molecule has 1 fully saturated rings. The minimum absolute atomic E-state index is 0.147. The first-order chi connectivity index (χ1) is 15.2. The van der Waals surface area contributed by atoms with Crippen molar-refractivity contribution >= 4 is 18.4 Å². The van der Waals surface area contributed by atoms with E-state index in [0.29, 0.717) is 34.4 Å². The van der Waals surface area contributed by atoms with Gasteiger partial charge in [0.2, 0.25) is 0 Å². The van der Waals surface area contributed by atoms with Crippen molar-refractivity contribution in [3.63, 3.8) is 0 Å². The lowest BCUT2D eigenvalue weighted by molar-refractivity contribution is 0.0427. The largest absolute Gasteiger partial charge is 0.497 e. The monoisotopic (exact) mass is 459 g/mol. The quantitative estimate of drug-likeness (QED) is 0.503. The topological polar surface area (TPSA) is 59.0 Å². The van der Waals surface area contributed by atoms with Crippen molar-refractivity contribution in [3.05, 3.63) is 54.1 Å². The number of nitrogens with zero attached hydrogens (tertiary/aromatic N) is 1. The zero-order valence-electron chi connectivity index (χ0n) is 20.2. The minimum atomic E-state index is -3.63. The minimum Gasteiger partial charge on any atom is -0.497 e. The van der Waals surface area contributed by atoms with Crippen molar-refractivity contribution in [2.45, 2.75) is 52.0 Å². The summed E-state index contributed by atoms with van der Waals surface area (Å²) in [5.41, 5.74) is 1.57. The maximum atomic E-state index is 14.6. The number of ether oxygens (including phenoxy) is 1. The molecule has 2 aromatic rings. The summed E-state index contributed by atoms with van der Waals surface area (Å²) in [6.07, 6.45) is 2.93. The molecule has 0 saturated heterocycles. The van der Waals surface area contributed by atoms with Crippen molar-refractivity contribution < 1.29 is 18.9 Å². The van der Waals surface area contributed by atoms with Crippen molar-refractivity contribution in [1.82, 2.24) is 0 Å². The molecule has 2 aromatic carbocycles. The maximum Gasteiger partial charge on any atom is 0.264 e. The molecule has 1 N–H and O–H groups in total. The molecule has 5 unspecified atom stereocenters. The summed E-state index contributed by atoms with van der Waals surface area (Å²) in [6.45, 7) is 6.63. The van der Waals surface area contributed by atoms with Crippen LogP contribution in [0.2, 0.25) is 0 Å². The van der Waals surface area contributed by atoms with Crippen LogP contribution in [0, 0.1) is 17.8 Å². The van der Waals surface area contributed by atoms with Crippen LogP contribution in [-0.2, 0) is 9.09 Å². The highest BCUT2D eigenvalue weighted by atomic mass is 31.2. The van der Waals surface area contributed by atoms with Crippen molar-refractivity contribution in [2.24, 2.45) is 17.8 Å². The van der Waals surface area contributed by atoms with Gasteiger partial charge >= 0.3 is 0 Å². The van der Waals surface area contributed by atoms with Gasteiger partial charge in [0.1, 0.15) is 5.75 Å². The van der Waals surface area contributed by atoms with Gasteiger partial charge in [-0.25, -0.2) is 0 Å². The Labute approximate surface area is 193 Å². The van der Waals surface area contributed by atoms with Crippen molar-refractivity contribution in [2.75, 3.05) is 26.1 Å². The molecule has 5 nitrogen and oxygen atoms in total. The van der Waals surface area contributed by atoms with Crippen LogP contribution in [-0.4, -0.2) is 32.4 Å². The summed E-state index contributed by atoms with van der Waals surface area (Å²) in [7, 11) is 1.90. The molecule has 0 radical (unpaired) electrons. The second kappa shape index (κ2) is 10.4. The Kier molecular flexibility index (Phi) is 8.08. The second-order valence-corrected chi connectivity index (χ2v) is 12.0. The molecule has 1 saturated carbocycles. The summed E-state index contributed by atoms with van der Waals surface area (Å²) in [5.74, 6) is 0.702. The third kappa shape index (κ3) is 5.39. The van der Waals surface area contributed by atoms with E-state index in [4.69, 9.17) is 9.26 Å². The van der Waals surface area contributed by atoms with Crippen molar-refractivity contribution in [3.8, 4) is 5.75 Å². The first-order valence-electron chi connectivity index (χ1n) is 11.5. The van der Waals surface area contributed by atoms with Gasteiger partial charge in [0.25, 0.3) is 7.37 Å². The number of benzene rings is 2.